The molecule has 1 aliphatic rings. The highest BCUT2D eigenvalue weighted by molar-refractivity contribution is 6.06. The fourth-order valence-corrected chi connectivity index (χ4v) is 5.13. The topological polar surface area (TPSA) is 34.0 Å². The van der Waals surface area contributed by atoms with Gasteiger partial charge in [0, 0.05) is 31.4 Å². The summed E-state index contributed by atoms with van der Waals surface area (Å²) in [7, 11) is 0. The number of hydrogen-bond donors (Lipinski definition) is 0. The summed E-state index contributed by atoms with van der Waals surface area (Å²) in [6, 6.07) is 28.0. The van der Waals surface area contributed by atoms with E-state index in [4.69, 9.17) is 9.97 Å². The van der Waals surface area contributed by atoms with Gasteiger partial charge in [0.05, 0.1) is 22.9 Å². The number of imidazole rings is 1. The third-order valence-corrected chi connectivity index (χ3v) is 6.79. The summed E-state index contributed by atoms with van der Waals surface area (Å²) in [4.78, 5) is 12.3. The van der Waals surface area contributed by atoms with Crippen LogP contribution in [-0.4, -0.2) is 14.5 Å². The van der Waals surface area contributed by atoms with Gasteiger partial charge in [0.25, 0.3) is 0 Å². The van der Waals surface area contributed by atoms with E-state index in [-0.39, 0.29) is 0 Å². The second-order valence-electron chi connectivity index (χ2n) is 9.28. The fourth-order valence-electron chi connectivity index (χ4n) is 5.13. The van der Waals surface area contributed by atoms with Crippen LogP contribution in [0.15, 0.2) is 85.1 Å². The monoisotopic (exact) mass is 432 g/mol. The Morgan fingerprint density at radius 2 is 1.58 bits per heavy atom. The second kappa shape index (κ2) is 8.36. The minimum atomic E-state index is 0.675. The Kier molecular flexibility index (Phi) is 5.06. The van der Waals surface area contributed by atoms with E-state index in [2.05, 4.69) is 95.3 Å². The fraction of sp³-hybridized carbons (Fsp3) is 0.241. The molecule has 0 N–H and O–H groups in total. The van der Waals surface area contributed by atoms with Crippen molar-refractivity contribution in [2.45, 2.75) is 39.4 Å². The van der Waals surface area contributed by atoms with Gasteiger partial charge in [-0.25, -0.2) is 4.98 Å². The molecule has 0 bridgehead atoms. The summed E-state index contributed by atoms with van der Waals surface area (Å²) in [6.07, 6.45) is 4.23. The van der Waals surface area contributed by atoms with Crippen LogP contribution < -0.4 is 4.90 Å². The minimum Gasteiger partial charge on any atom is -0.361 e. The van der Waals surface area contributed by atoms with Crippen LogP contribution in [0.2, 0.25) is 0 Å². The lowest BCUT2D eigenvalue weighted by atomic mass is 10.0. The van der Waals surface area contributed by atoms with Crippen molar-refractivity contribution >= 4 is 27.6 Å². The van der Waals surface area contributed by atoms with Crippen LogP contribution in [-0.2, 0) is 26.1 Å². The molecular weight excluding hydrogens is 404 g/mol. The molecule has 33 heavy (non-hydrogen) atoms. The predicted molar refractivity (Wildman–Crippen MR) is 135 cm³/mol. The van der Waals surface area contributed by atoms with Crippen LogP contribution in [0.5, 0.6) is 0 Å². The molecule has 3 aromatic carbocycles. The summed E-state index contributed by atoms with van der Waals surface area (Å²) < 4.78 is 2.44. The van der Waals surface area contributed by atoms with Crippen molar-refractivity contribution in [1.29, 1.82) is 0 Å². The van der Waals surface area contributed by atoms with Crippen molar-refractivity contribution < 1.29 is 0 Å². The third kappa shape index (κ3) is 3.76. The van der Waals surface area contributed by atoms with Crippen LogP contribution in [0.4, 0.5) is 5.69 Å². The highest BCUT2D eigenvalue weighted by Gasteiger charge is 2.22. The lowest BCUT2D eigenvalue weighted by Crippen LogP contribution is -2.22. The van der Waals surface area contributed by atoms with Gasteiger partial charge < -0.3 is 9.47 Å². The Bertz CT molecular complexity index is 1360. The number of pyridine rings is 1. The molecule has 2 aromatic heterocycles. The zero-order chi connectivity index (χ0) is 22.2. The van der Waals surface area contributed by atoms with E-state index in [0.717, 1.165) is 37.1 Å². The smallest absolute Gasteiger partial charge is 0.109 e. The predicted octanol–water partition coefficient (Wildman–Crippen LogP) is 6.37. The number of aryl methyl sites for hydroxylation is 1. The summed E-state index contributed by atoms with van der Waals surface area (Å²) in [5, 5.41) is 1.20. The van der Waals surface area contributed by atoms with Crippen molar-refractivity contribution in [3.63, 3.8) is 0 Å². The first kappa shape index (κ1) is 20.0. The molecule has 0 radical (unpaired) electrons. The minimum absolute atomic E-state index is 0.675. The van der Waals surface area contributed by atoms with Gasteiger partial charge in [0.2, 0.25) is 0 Å². The van der Waals surface area contributed by atoms with Gasteiger partial charge in [0.1, 0.15) is 11.3 Å². The molecule has 1 atom stereocenters. The number of benzene rings is 3. The Labute approximate surface area is 194 Å². The lowest BCUT2D eigenvalue weighted by Gasteiger charge is -2.26. The Balaban J connectivity index is 1.50. The zero-order valence-corrected chi connectivity index (χ0v) is 19.0. The normalized spacial score (nSPS) is 15.6. The van der Waals surface area contributed by atoms with Gasteiger partial charge in [-0.1, -0.05) is 79.7 Å². The van der Waals surface area contributed by atoms with Gasteiger partial charge in [0.15, 0.2) is 0 Å². The van der Waals surface area contributed by atoms with Gasteiger partial charge in [-0.2, -0.15) is 0 Å². The summed E-state index contributed by atoms with van der Waals surface area (Å²) in [6.45, 7) is 5.03. The molecule has 0 saturated heterocycles. The maximum atomic E-state index is 4.96. The number of anilines is 1. The molecule has 1 aliphatic heterocycles. The van der Waals surface area contributed by atoms with Crippen LogP contribution in [0.3, 0.4) is 0 Å². The van der Waals surface area contributed by atoms with Crippen molar-refractivity contribution in [2.24, 2.45) is 5.92 Å². The summed E-state index contributed by atoms with van der Waals surface area (Å²) >= 11 is 0. The Hall–Kier alpha value is -3.66. The lowest BCUT2D eigenvalue weighted by molar-refractivity contribution is 0.401. The number of rotatable bonds is 5. The molecular formula is C29H28N4. The average molecular weight is 433 g/mol. The average Bonchev–Trinajstić information content (AvgIpc) is 3.23. The molecule has 3 heterocycles. The standard InChI is InChI=1S/C29H28N4/c1-21-15-16-27-31-25-17-30-28-24(29(25)33(27)18-21)13-8-14-26(28)32(19-22-9-4-2-5-10-22)20-23-11-6-3-7-12-23/h2-14,17,21H,15-16,18-20H2,1H3. The number of para-hydroxylation sites is 1. The largest absolute Gasteiger partial charge is 0.361 e. The summed E-state index contributed by atoms with van der Waals surface area (Å²) in [5.74, 6) is 1.88. The van der Waals surface area contributed by atoms with Crippen molar-refractivity contribution in [2.75, 3.05) is 4.90 Å². The SMILES string of the molecule is CC1CCc2nc3cnc4c(N(Cc5ccccc5)Cc5ccccc5)cccc4c3n2C1. The van der Waals surface area contributed by atoms with E-state index in [1.54, 1.807) is 0 Å². The maximum Gasteiger partial charge on any atom is 0.109 e. The molecule has 5 aromatic rings. The van der Waals surface area contributed by atoms with Gasteiger partial charge in [-0.05, 0) is 29.5 Å². The number of nitrogens with zero attached hydrogens (tertiary/aromatic N) is 4. The van der Waals surface area contributed by atoms with E-state index in [1.807, 2.05) is 6.20 Å². The zero-order valence-electron chi connectivity index (χ0n) is 19.0. The van der Waals surface area contributed by atoms with Crippen LogP contribution in [0.1, 0.15) is 30.3 Å². The summed E-state index contributed by atoms with van der Waals surface area (Å²) in [5.41, 5.74) is 7.06. The van der Waals surface area contributed by atoms with Crippen LogP contribution >= 0.6 is 0 Å². The molecule has 0 aliphatic carbocycles. The second-order valence-corrected chi connectivity index (χ2v) is 9.28. The molecule has 0 amide bonds. The molecule has 1 unspecified atom stereocenters. The first-order valence-electron chi connectivity index (χ1n) is 11.9. The molecule has 0 spiro atoms. The Morgan fingerprint density at radius 1 is 0.879 bits per heavy atom. The Morgan fingerprint density at radius 3 is 2.27 bits per heavy atom. The highest BCUT2D eigenvalue weighted by Crippen LogP contribution is 2.34. The quantitative estimate of drug-likeness (QED) is 0.323. The molecule has 4 heteroatoms. The first-order valence-corrected chi connectivity index (χ1v) is 11.9. The number of hydrogen-bond acceptors (Lipinski definition) is 3. The van der Waals surface area contributed by atoms with Crippen molar-refractivity contribution in [1.82, 2.24) is 14.5 Å². The van der Waals surface area contributed by atoms with Crippen LogP contribution in [0, 0.1) is 5.92 Å². The molecule has 4 nitrogen and oxygen atoms in total. The maximum absolute atomic E-state index is 4.96. The van der Waals surface area contributed by atoms with Crippen LogP contribution in [0.25, 0.3) is 21.9 Å². The van der Waals surface area contributed by atoms with E-state index >= 15 is 0 Å². The van der Waals surface area contributed by atoms with E-state index in [1.165, 1.54) is 40.0 Å². The van der Waals surface area contributed by atoms with E-state index in [0.29, 0.717) is 5.92 Å². The van der Waals surface area contributed by atoms with Crippen molar-refractivity contribution in [3.8, 4) is 0 Å². The highest BCUT2D eigenvalue weighted by atomic mass is 15.1. The van der Waals surface area contributed by atoms with Gasteiger partial charge in [-0.3, -0.25) is 4.98 Å². The number of fused-ring (bicyclic) bond motifs is 5. The molecule has 0 saturated carbocycles. The van der Waals surface area contributed by atoms with Gasteiger partial charge >= 0.3 is 0 Å². The molecule has 164 valence electrons. The first-order chi connectivity index (χ1) is 16.3. The van der Waals surface area contributed by atoms with E-state index < -0.39 is 0 Å². The molecule has 0 fully saturated rings. The number of aromatic nitrogens is 3. The van der Waals surface area contributed by atoms with Crippen molar-refractivity contribution in [3.05, 3.63) is 102 Å². The van der Waals surface area contributed by atoms with E-state index in [9.17, 15) is 0 Å². The third-order valence-electron chi connectivity index (χ3n) is 6.79. The van der Waals surface area contributed by atoms with Gasteiger partial charge in [-0.15, -0.1) is 0 Å². The molecule has 6 rings (SSSR count).